The molecule has 0 aliphatic heterocycles. The maximum Gasteiger partial charge on any atom is 0.358 e. The van der Waals surface area contributed by atoms with Crippen molar-refractivity contribution in [3.63, 3.8) is 0 Å². The number of nitrogens with zero attached hydrogens (tertiary/aromatic N) is 5. The van der Waals surface area contributed by atoms with Gasteiger partial charge in [0.1, 0.15) is 5.69 Å². The Hall–Kier alpha value is -2.00. The van der Waals surface area contributed by atoms with Crippen molar-refractivity contribution >= 4 is 33.2 Å². The lowest BCUT2D eigenvalue weighted by Crippen LogP contribution is -2.07. The quantitative estimate of drug-likeness (QED) is 0.764. The van der Waals surface area contributed by atoms with Gasteiger partial charge in [-0.3, -0.25) is 0 Å². The maximum atomic E-state index is 11.4. The summed E-state index contributed by atoms with van der Waals surface area (Å²) in [7, 11) is 1.80. The molecule has 1 N–H and O–H groups in total. The van der Waals surface area contributed by atoms with E-state index in [1.54, 1.807) is 40.2 Å². The molecule has 0 atom stereocenters. The summed E-state index contributed by atoms with van der Waals surface area (Å²) in [5.41, 5.74) is 1.03. The van der Waals surface area contributed by atoms with E-state index < -0.39 is 5.97 Å². The van der Waals surface area contributed by atoms with Gasteiger partial charge in [0, 0.05) is 16.4 Å². The molecular weight excluding hydrogens is 358 g/mol. The summed E-state index contributed by atoms with van der Waals surface area (Å²) in [6.45, 7) is 0.443. The molecule has 3 aromatic rings. The van der Waals surface area contributed by atoms with Crippen LogP contribution in [-0.2, 0) is 13.6 Å². The SMILES string of the molecule is Cn1cncc1-c1c(C(=O)O)nnn1Cc1sccc1Br. The first-order valence-electron chi connectivity index (χ1n) is 5.93. The zero-order valence-corrected chi connectivity index (χ0v) is 13.3. The molecule has 0 unspecified atom stereocenters. The lowest BCUT2D eigenvalue weighted by atomic mass is 10.2. The Morgan fingerprint density at radius 1 is 1.52 bits per heavy atom. The van der Waals surface area contributed by atoms with E-state index >= 15 is 0 Å². The third-order valence-corrected chi connectivity index (χ3v) is 4.89. The first kappa shape index (κ1) is 14.0. The Morgan fingerprint density at radius 2 is 2.33 bits per heavy atom. The lowest BCUT2D eigenvalue weighted by molar-refractivity contribution is 0.0691. The van der Waals surface area contributed by atoms with Gasteiger partial charge in [0.05, 0.1) is 24.8 Å². The molecule has 0 saturated carbocycles. The molecule has 3 heterocycles. The minimum Gasteiger partial charge on any atom is -0.476 e. The number of hydrogen-bond acceptors (Lipinski definition) is 5. The van der Waals surface area contributed by atoms with Crippen LogP contribution < -0.4 is 0 Å². The van der Waals surface area contributed by atoms with Gasteiger partial charge in [0.15, 0.2) is 5.69 Å². The second-order valence-electron chi connectivity index (χ2n) is 4.33. The fourth-order valence-corrected chi connectivity index (χ4v) is 3.44. The zero-order chi connectivity index (χ0) is 15.0. The second kappa shape index (κ2) is 5.41. The van der Waals surface area contributed by atoms with Crippen molar-refractivity contribution in [3.05, 3.63) is 39.0 Å². The number of rotatable bonds is 4. The Morgan fingerprint density at radius 3 is 2.90 bits per heavy atom. The number of imidazole rings is 1. The maximum absolute atomic E-state index is 11.4. The van der Waals surface area contributed by atoms with Crippen LogP contribution in [0.2, 0.25) is 0 Å². The molecule has 0 aliphatic carbocycles. The molecule has 0 radical (unpaired) electrons. The minimum absolute atomic E-state index is 0.0775. The van der Waals surface area contributed by atoms with Crippen LogP contribution in [0, 0.1) is 0 Å². The number of aromatic carboxylic acids is 1. The normalized spacial score (nSPS) is 11.0. The number of carboxylic acid groups (broad SMARTS) is 1. The van der Waals surface area contributed by atoms with Gasteiger partial charge in [-0.1, -0.05) is 5.21 Å². The van der Waals surface area contributed by atoms with Crippen molar-refractivity contribution in [2.24, 2.45) is 7.05 Å². The fourth-order valence-electron chi connectivity index (χ4n) is 1.98. The van der Waals surface area contributed by atoms with Crippen LogP contribution in [-0.4, -0.2) is 35.6 Å². The molecule has 108 valence electrons. The minimum atomic E-state index is -1.11. The van der Waals surface area contributed by atoms with Gasteiger partial charge in [-0.05, 0) is 27.4 Å². The second-order valence-corrected chi connectivity index (χ2v) is 6.19. The van der Waals surface area contributed by atoms with Gasteiger partial charge < -0.3 is 9.67 Å². The Kier molecular flexibility index (Phi) is 3.60. The molecule has 3 aromatic heterocycles. The Labute approximate surface area is 132 Å². The average molecular weight is 368 g/mol. The number of halogens is 1. The van der Waals surface area contributed by atoms with Crippen molar-refractivity contribution in [1.82, 2.24) is 24.5 Å². The van der Waals surface area contributed by atoms with Gasteiger partial charge in [-0.25, -0.2) is 14.5 Å². The summed E-state index contributed by atoms with van der Waals surface area (Å²) in [4.78, 5) is 16.4. The molecule has 0 fully saturated rings. The molecular formula is C12H10BrN5O2S. The third-order valence-electron chi connectivity index (χ3n) is 2.98. The average Bonchev–Trinajstić information content (AvgIpc) is 3.12. The van der Waals surface area contributed by atoms with Crippen molar-refractivity contribution < 1.29 is 9.90 Å². The number of aromatic nitrogens is 5. The molecule has 0 saturated heterocycles. The van der Waals surface area contributed by atoms with Crippen molar-refractivity contribution in [3.8, 4) is 11.4 Å². The summed E-state index contributed by atoms with van der Waals surface area (Å²) < 4.78 is 4.29. The topological polar surface area (TPSA) is 85.8 Å². The summed E-state index contributed by atoms with van der Waals surface area (Å²) in [5.74, 6) is -1.11. The van der Waals surface area contributed by atoms with Crippen LogP contribution >= 0.6 is 27.3 Å². The lowest BCUT2D eigenvalue weighted by Gasteiger charge is -2.07. The van der Waals surface area contributed by atoms with E-state index in [1.807, 2.05) is 11.4 Å². The highest BCUT2D eigenvalue weighted by atomic mass is 79.9. The zero-order valence-electron chi connectivity index (χ0n) is 10.9. The van der Waals surface area contributed by atoms with Crippen molar-refractivity contribution in [2.75, 3.05) is 0 Å². The highest BCUT2D eigenvalue weighted by molar-refractivity contribution is 9.10. The standard InChI is InChI=1S/C12H10BrN5O2S/c1-17-6-14-4-8(17)11-10(12(19)20)15-16-18(11)5-9-7(13)2-3-21-9/h2-4,6H,5H2,1H3,(H,19,20). The predicted molar refractivity (Wildman–Crippen MR) is 80.3 cm³/mol. The van der Waals surface area contributed by atoms with Gasteiger partial charge in [0.25, 0.3) is 0 Å². The molecule has 0 bridgehead atoms. The number of hydrogen-bond donors (Lipinski definition) is 1. The highest BCUT2D eigenvalue weighted by Crippen LogP contribution is 2.27. The van der Waals surface area contributed by atoms with Crippen LogP contribution in [0.1, 0.15) is 15.4 Å². The first-order chi connectivity index (χ1) is 10.1. The van der Waals surface area contributed by atoms with Crippen LogP contribution in [0.25, 0.3) is 11.4 Å². The van der Waals surface area contributed by atoms with E-state index in [-0.39, 0.29) is 5.69 Å². The van der Waals surface area contributed by atoms with E-state index in [1.165, 1.54) is 0 Å². The number of thiophene rings is 1. The molecule has 7 nitrogen and oxygen atoms in total. The van der Waals surface area contributed by atoms with Crippen LogP contribution in [0.3, 0.4) is 0 Å². The largest absolute Gasteiger partial charge is 0.476 e. The Balaban J connectivity index is 2.12. The summed E-state index contributed by atoms with van der Waals surface area (Å²) in [5, 5.41) is 19.0. The molecule has 3 rings (SSSR count). The van der Waals surface area contributed by atoms with Gasteiger partial charge in [-0.15, -0.1) is 16.4 Å². The predicted octanol–water partition coefficient (Wildman–Crippen LogP) is 2.25. The van der Waals surface area contributed by atoms with Crippen molar-refractivity contribution in [1.29, 1.82) is 0 Å². The van der Waals surface area contributed by atoms with E-state index in [0.29, 0.717) is 17.9 Å². The fraction of sp³-hybridized carbons (Fsp3) is 0.167. The van der Waals surface area contributed by atoms with Crippen LogP contribution in [0.4, 0.5) is 0 Å². The van der Waals surface area contributed by atoms with Gasteiger partial charge in [0.2, 0.25) is 0 Å². The summed E-state index contributed by atoms with van der Waals surface area (Å²) in [6.07, 6.45) is 3.21. The highest BCUT2D eigenvalue weighted by Gasteiger charge is 2.23. The third kappa shape index (κ3) is 2.49. The van der Waals surface area contributed by atoms with Gasteiger partial charge >= 0.3 is 5.97 Å². The van der Waals surface area contributed by atoms with E-state index in [9.17, 15) is 9.90 Å². The van der Waals surface area contributed by atoms with Gasteiger partial charge in [-0.2, -0.15) is 0 Å². The smallest absolute Gasteiger partial charge is 0.358 e. The molecule has 0 aromatic carbocycles. The van der Waals surface area contributed by atoms with E-state index in [4.69, 9.17) is 0 Å². The van der Waals surface area contributed by atoms with Crippen LogP contribution in [0.5, 0.6) is 0 Å². The van der Waals surface area contributed by atoms with Crippen molar-refractivity contribution in [2.45, 2.75) is 6.54 Å². The van der Waals surface area contributed by atoms with E-state index in [2.05, 4.69) is 31.2 Å². The molecule has 21 heavy (non-hydrogen) atoms. The summed E-state index contributed by atoms with van der Waals surface area (Å²) in [6, 6.07) is 1.94. The monoisotopic (exact) mass is 367 g/mol. The van der Waals surface area contributed by atoms with Crippen LogP contribution in [0.15, 0.2) is 28.4 Å². The summed E-state index contributed by atoms with van der Waals surface area (Å²) >= 11 is 5.03. The Bertz CT molecular complexity index is 806. The number of aryl methyl sites for hydroxylation is 1. The number of carboxylic acids is 1. The van der Waals surface area contributed by atoms with E-state index in [0.717, 1.165) is 9.35 Å². The first-order valence-corrected chi connectivity index (χ1v) is 7.60. The number of carbonyl (C=O) groups is 1. The molecule has 0 spiro atoms. The molecule has 0 amide bonds. The molecule has 0 aliphatic rings. The molecule has 9 heteroatoms.